The molecule has 0 aromatic heterocycles. The molecule has 1 aliphatic carbocycles. The summed E-state index contributed by atoms with van der Waals surface area (Å²) in [6.45, 7) is 2.62. The Balaban J connectivity index is 2.51. The average Bonchev–Trinajstić information content (AvgIpc) is 2.66. The Hall–Kier alpha value is -0.570. The molecule has 0 spiro atoms. The SMILES string of the molecule is CC(CN)(CC(N)=O)C1CC1. The van der Waals surface area contributed by atoms with Crippen LogP contribution in [0.3, 0.4) is 0 Å². The molecule has 0 radical (unpaired) electrons. The van der Waals surface area contributed by atoms with E-state index in [2.05, 4.69) is 6.92 Å². The highest BCUT2D eigenvalue weighted by atomic mass is 16.1. The van der Waals surface area contributed by atoms with Crippen molar-refractivity contribution in [1.29, 1.82) is 0 Å². The summed E-state index contributed by atoms with van der Waals surface area (Å²) >= 11 is 0. The molecule has 0 aromatic carbocycles. The number of hydrogen-bond donors (Lipinski definition) is 2. The molecule has 1 amide bonds. The summed E-state index contributed by atoms with van der Waals surface area (Å²) in [6, 6.07) is 0. The Bertz CT molecular complexity index is 165. The number of carbonyl (C=O) groups excluding carboxylic acids is 1. The second kappa shape index (κ2) is 2.81. The van der Waals surface area contributed by atoms with Crippen molar-refractivity contribution in [3.63, 3.8) is 0 Å². The van der Waals surface area contributed by atoms with Crippen molar-refractivity contribution >= 4 is 5.91 Å². The van der Waals surface area contributed by atoms with E-state index >= 15 is 0 Å². The number of carbonyl (C=O) groups is 1. The van der Waals surface area contributed by atoms with Crippen molar-refractivity contribution in [2.45, 2.75) is 26.2 Å². The first-order valence-electron chi connectivity index (χ1n) is 4.07. The van der Waals surface area contributed by atoms with Crippen molar-refractivity contribution in [2.24, 2.45) is 22.8 Å². The topological polar surface area (TPSA) is 69.1 Å². The Morgan fingerprint density at radius 2 is 2.18 bits per heavy atom. The van der Waals surface area contributed by atoms with Crippen molar-refractivity contribution in [2.75, 3.05) is 6.54 Å². The zero-order valence-corrected chi connectivity index (χ0v) is 6.97. The maximum atomic E-state index is 10.7. The Labute approximate surface area is 67.1 Å². The molecule has 1 saturated carbocycles. The molecule has 0 aliphatic heterocycles. The maximum absolute atomic E-state index is 10.7. The number of primary amides is 1. The minimum atomic E-state index is -0.232. The van der Waals surface area contributed by atoms with Gasteiger partial charge in [-0.2, -0.15) is 0 Å². The molecular formula is C8H16N2O. The van der Waals surface area contributed by atoms with Crippen LogP contribution in [0.4, 0.5) is 0 Å². The molecule has 64 valence electrons. The van der Waals surface area contributed by atoms with E-state index in [4.69, 9.17) is 11.5 Å². The first-order valence-corrected chi connectivity index (χ1v) is 4.07. The molecule has 3 heteroatoms. The number of hydrogen-bond acceptors (Lipinski definition) is 2. The lowest BCUT2D eigenvalue weighted by Gasteiger charge is -2.25. The van der Waals surface area contributed by atoms with Crippen molar-refractivity contribution < 1.29 is 4.79 Å². The fraction of sp³-hybridized carbons (Fsp3) is 0.875. The van der Waals surface area contributed by atoms with E-state index in [1.54, 1.807) is 0 Å². The van der Waals surface area contributed by atoms with E-state index in [9.17, 15) is 4.79 Å². The minimum Gasteiger partial charge on any atom is -0.370 e. The lowest BCUT2D eigenvalue weighted by molar-refractivity contribution is -0.120. The molecule has 11 heavy (non-hydrogen) atoms. The van der Waals surface area contributed by atoms with Crippen LogP contribution in [-0.4, -0.2) is 12.5 Å². The van der Waals surface area contributed by atoms with Gasteiger partial charge in [0, 0.05) is 6.42 Å². The average molecular weight is 156 g/mol. The molecule has 1 rings (SSSR count). The fourth-order valence-electron chi connectivity index (χ4n) is 1.56. The minimum absolute atomic E-state index is 0.0220. The van der Waals surface area contributed by atoms with Gasteiger partial charge in [0.2, 0.25) is 5.91 Å². The number of amides is 1. The van der Waals surface area contributed by atoms with Gasteiger partial charge in [-0.15, -0.1) is 0 Å². The molecule has 0 saturated heterocycles. The van der Waals surface area contributed by atoms with Crippen LogP contribution >= 0.6 is 0 Å². The standard InChI is InChI=1S/C8H16N2O/c1-8(5-9,4-7(10)11)6-2-3-6/h6H,2-5,9H2,1H3,(H2,10,11). The summed E-state index contributed by atoms with van der Waals surface area (Å²) in [5.41, 5.74) is 10.7. The van der Waals surface area contributed by atoms with Gasteiger partial charge >= 0.3 is 0 Å². The lowest BCUT2D eigenvalue weighted by atomic mass is 9.81. The molecular weight excluding hydrogens is 140 g/mol. The smallest absolute Gasteiger partial charge is 0.218 e. The van der Waals surface area contributed by atoms with Crippen molar-refractivity contribution in [3.8, 4) is 0 Å². The van der Waals surface area contributed by atoms with Gasteiger partial charge in [0.1, 0.15) is 0 Å². The molecule has 0 bridgehead atoms. The molecule has 1 unspecified atom stereocenters. The molecule has 1 fully saturated rings. The van der Waals surface area contributed by atoms with Gasteiger partial charge in [-0.1, -0.05) is 6.92 Å². The summed E-state index contributed by atoms with van der Waals surface area (Å²) in [4.78, 5) is 10.7. The second-order valence-corrected chi connectivity index (χ2v) is 3.78. The van der Waals surface area contributed by atoms with Crippen LogP contribution in [0.15, 0.2) is 0 Å². The number of nitrogens with two attached hydrogens (primary N) is 2. The van der Waals surface area contributed by atoms with Crippen molar-refractivity contribution in [3.05, 3.63) is 0 Å². The van der Waals surface area contributed by atoms with Crippen LogP contribution in [0.2, 0.25) is 0 Å². The molecule has 0 aromatic rings. The maximum Gasteiger partial charge on any atom is 0.218 e. The van der Waals surface area contributed by atoms with Crippen LogP contribution in [-0.2, 0) is 4.79 Å². The van der Waals surface area contributed by atoms with Crippen LogP contribution in [0.25, 0.3) is 0 Å². The van der Waals surface area contributed by atoms with Gasteiger partial charge in [-0.25, -0.2) is 0 Å². The summed E-state index contributed by atoms with van der Waals surface area (Å²) < 4.78 is 0. The van der Waals surface area contributed by atoms with Crippen molar-refractivity contribution in [1.82, 2.24) is 0 Å². The van der Waals surface area contributed by atoms with Gasteiger partial charge in [0.05, 0.1) is 0 Å². The normalized spacial score (nSPS) is 22.7. The van der Waals surface area contributed by atoms with E-state index in [1.807, 2.05) is 0 Å². The summed E-state index contributed by atoms with van der Waals surface area (Å²) in [7, 11) is 0. The largest absolute Gasteiger partial charge is 0.370 e. The predicted octanol–water partition coefficient (Wildman–Crippen LogP) is 0.237. The highest BCUT2D eigenvalue weighted by molar-refractivity contribution is 5.74. The van der Waals surface area contributed by atoms with Crippen LogP contribution in [0.1, 0.15) is 26.2 Å². The van der Waals surface area contributed by atoms with Crippen LogP contribution < -0.4 is 11.5 Å². The van der Waals surface area contributed by atoms with E-state index < -0.39 is 0 Å². The third-order valence-electron chi connectivity index (χ3n) is 2.61. The molecule has 1 aliphatic rings. The lowest BCUT2D eigenvalue weighted by Crippen LogP contribution is -2.34. The highest BCUT2D eigenvalue weighted by Crippen LogP contribution is 2.46. The van der Waals surface area contributed by atoms with Gasteiger partial charge in [-0.05, 0) is 30.7 Å². The monoisotopic (exact) mass is 156 g/mol. The summed E-state index contributed by atoms with van der Waals surface area (Å²) in [6.07, 6.45) is 2.86. The zero-order valence-electron chi connectivity index (χ0n) is 6.97. The third kappa shape index (κ3) is 1.93. The molecule has 4 N–H and O–H groups in total. The van der Waals surface area contributed by atoms with Gasteiger partial charge in [0.25, 0.3) is 0 Å². The number of rotatable bonds is 4. The molecule has 0 heterocycles. The van der Waals surface area contributed by atoms with E-state index in [0.29, 0.717) is 18.9 Å². The highest BCUT2D eigenvalue weighted by Gasteiger charge is 2.41. The van der Waals surface area contributed by atoms with Gasteiger partial charge < -0.3 is 11.5 Å². The van der Waals surface area contributed by atoms with Gasteiger partial charge in [-0.3, -0.25) is 4.79 Å². The van der Waals surface area contributed by atoms with E-state index in [1.165, 1.54) is 12.8 Å². The molecule has 3 nitrogen and oxygen atoms in total. The van der Waals surface area contributed by atoms with Crippen LogP contribution in [0.5, 0.6) is 0 Å². The van der Waals surface area contributed by atoms with E-state index in [-0.39, 0.29) is 11.3 Å². The third-order valence-corrected chi connectivity index (χ3v) is 2.61. The quantitative estimate of drug-likeness (QED) is 0.612. The van der Waals surface area contributed by atoms with Crippen LogP contribution in [0, 0.1) is 11.3 Å². The summed E-state index contributed by atoms with van der Waals surface area (Å²) in [5.74, 6) is 0.407. The summed E-state index contributed by atoms with van der Waals surface area (Å²) in [5, 5.41) is 0. The Kier molecular flexibility index (Phi) is 2.18. The first kappa shape index (κ1) is 8.53. The fourth-order valence-corrected chi connectivity index (χ4v) is 1.56. The zero-order chi connectivity index (χ0) is 8.48. The second-order valence-electron chi connectivity index (χ2n) is 3.78. The first-order chi connectivity index (χ1) is 5.08. The Morgan fingerprint density at radius 3 is 2.45 bits per heavy atom. The van der Waals surface area contributed by atoms with E-state index in [0.717, 1.165) is 0 Å². The molecule has 1 atom stereocenters. The Morgan fingerprint density at radius 1 is 1.64 bits per heavy atom. The predicted molar refractivity (Wildman–Crippen MR) is 43.7 cm³/mol. The van der Waals surface area contributed by atoms with Gasteiger partial charge in [0.15, 0.2) is 0 Å².